The summed E-state index contributed by atoms with van der Waals surface area (Å²) in [5, 5.41) is 9.82. The van der Waals surface area contributed by atoms with E-state index >= 15 is 0 Å². The zero-order valence-electron chi connectivity index (χ0n) is 21.6. The van der Waals surface area contributed by atoms with Gasteiger partial charge in [-0.25, -0.2) is 4.98 Å². The van der Waals surface area contributed by atoms with Crippen LogP contribution in [0.5, 0.6) is 11.6 Å². The molecular weight excluding hydrogens is 436 g/mol. The normalized spacial score (nSPS) is 16.2. The quantitative estimate of drug-likeness (QED) is 0.414. The molecule has 2 unspecified atom stereocenters. The first-order valence-electron chi connectivity index (χ1n) is 12.7. The van der Waals surface area contributed by atoms with E-state index in [0.717, 1.165) is 48.4 Å². The topological polar surface area (TPSA) is 54.8 Å². The molecule has 186 valence electrons. The monoisotopic (exact) mass is 474 g/mol. The van der Waals surface area contributed by atoms with Crippen molar-refractivity contribution < 1.29 is 14.6 Å². The van der Waals surface area contributed by atoms with Gasteiger partial charge in [-0.05, 0) is 98.2 Å². The zero-order valence-corrected chi connectivity index (χ0v) is 21.6. The molecule has 0 fully saturated rings. The van der Waals surface area contributed by atoms with Gasteiger partial charge >= 0.3 is 0 Å². The third-order valence-corrected chi connectivity index (χ3v) is 6.88. The van der Waals surface area contributed by atoms with E-state index in [1.54, 1.807) is 13.3 Å². The Morgan fingerprint density at radius 3 is 2.60 bits per heavy atom. The van der Waals surface area contributed by atoms with Crippen LogP contribution >= 0.6 is 0 Å². The molecule has 0 saturated heterocycles. The molecule has 2 heterocycles. The van der Waals surface area contributed by atoms with Crippen LogP contribution in [0.2, 0.25) is 0 Å². The Balaban J connectivity index is 1.69. The van der Waals surface area contributed by atoms with Crippen LogP contribution in [0.1, 0.15) is 62.5 Å². The highest BCUT2D eigenvalue weighted by Crippen LogP contribution is 2.38. The molecule has 0 spiro atoms. The van der Waals surface area contributed by atoms with Crippen LogP contribution in [0.4, 0.5) is 0 Å². The van der Waals surface area contributed by atoms with Crippen LogP contribution < -0.4 is 9.47 Å². The van der Waals surface area contributed by atoms with Gasteiger partial charge in [-0.1, -0.05) is 31.2 Å². The van der Waals surface area contributed by atoms with E-state index < -0.39 is 0 Å². The number of aromatic nitrogens is 1. The maximum Gasteiger partial charge on any atom is 0.213 e. The second-order valence-corrected chi connectivity index (χ2v) is 9.80. The molecule has 4 rings (SSSR count). The van der Waals surface area contributed by atoms with Gasteiger partial charge in [0.2, 0.25) is 5.88 Å². The molecule has 35 heavy (non-hydrogen) atoms. The Morgan fingerprint density at radius 1 is 1.09 bits per heavy atom. The molecule has 1 aromatic heterocycles. The Labute approximate surface area is 209 Å². The number of aliphatic hydroxyl groups is 1. The number of aliphatic hydroxyl groups excluding tert-OH is 1. The van der Waals surface area contributed by atoms with Crippen molar-refractivity contribution in [3.05, 3.63) is 77.0 Å². The van der Waals surface area contributed by atoms with Crippen molar-refractivity contribution in [3.63, 3.8) is 0 Å². The Morgan fingerprint density at radius 2 is 1.89 bits per heavy atom. The summed E-state index contributed by atoms with van der Waals surface area (Å²) in [5.74, 6) is 1.57. The average molecular weight is 475 g/mol. The first kappa shape index (κ1) is 25.2. The maximum atomic E-state index is 9.82. The lowest BCUT2D eigenvalue weighted by molar-refractivity contribution is 0.170. The number of hydrogen-bond acceptors (Lipinski definition) is 5. The second-order valence-electron chi connectivity index (χ2n) is 9.80. The molecule has 2 aromatic carbocycles. The SMILES string of the molecule is CCN(Cc1cc(-c2ccnc(OC)c2)ccc1C1CCc2ccc(CC(C)O)cc2O1)C(C)C. The van der Waals surface area contributed by atoms with Gasteiger partial charge in [0.1, 0.15) is 11.9 Å². The van der Waals surface area contributed by atoms with Crippen LogP contribution in [0.3, 0.4) is 0 Å². The molecule has 0 saturated carbocycles. The largest absolute Gasteiger partial charge is 0.485 e. The Kier molecular flexibility index (Phi) is 8.09. The highest BCUT2D eigenvalue weighted by molar-refractivity contribution is 5.66. The highest BCUT2D eigenvalue weighted by atomic mass is 16.5. The number of nitrogens with zero attached hydrogens (tertiary/aromatic N) is 2. The summed E-state index contributed by atoms with van der Waals surface area (Å²) in [6.45, 7) is 10.4. The van der Waals surface area contributed by atoms with Gasteiger partial charge in [-0.3, -0.25) is 4.90 Å². The molecule has 5 nitrogen and oxygen atoms in total. The van der Waals surface area contributed by atoms with E-state index in [4.69, 9.17) is 9.47 Å². The lowest BCUT2D eigenvalue weighted by Crippen LogP contribution is -2.31. The molecule has 1 aliphatic heterocycles. The summed E-state index contributed by atoms with van der Waals surface area (Å²) < 4.78 is 12.0. The van der Waals surface area contributed by atoms with Gasteiger partial charge in [-0.2, -0.15) is 0 Å². The van der Waals surface area contributed by atoms with E-state index in [9.17, 15) is 5.11 Å². The van der Waals surface area contributed by atoms with Crippen LogP contribution in [0, 0.1) is 0 Å². The smallest absolute Gasteiger partial charge is 0.213 e. The molecule has 1 N–H and O–H groups in total. The van der Waals surface area contributed by atoms with Crippen molar-refractivity contribution in [1.82, 2.24) is 9.88 Å². The fourth-order valence-electron chi connectivity index (χ4n) is 4.92. The van der Waals surface area contributed by atoms with E-state index in [0.29, 0.717) is 18.3 Å². The first-order valence-corrected chi connectivity index (χ1v) is 12.7. The first-order chi connectivity index (χ1) is 16.9. The van der Waals surface area contributed by atoms with Crippen molar-refractivity contribution in [2.45, 2.75) is 71.8 Å². The number of aryl methyl sites for hydroxylation is 1. The Bertz CT molecular complexity index is 1140. The minimum absolute atomic E-state index is 0.00574. The molecule has 1 aliphatic rings. The van der Waals surface area contributed by atoms with Crippen LogP contribution in [0.15, 0.2) is 54.7 Å². The summed E-state index contributed by atoms with van der Waals surface area (Å²) in [5.41, 5.74) is 7.14. The fourth-order valence-corrected chi connectivity index (χ4v) is 4.92. The second kappa shape index (κ2) is 11.2. The van der Waals surface area contributed by atoms with Crippen molar-refractivity contribution >= 4 is 0 Å². The zero-order chi connectivity index (χ0) is 24.9. The minimum Gasteiger partial charge on any atom is -0.485 e. The number of hydrogen-bond donors (Lipinski definition) is 1. The molecule has 2 atom stereocenters. The van der Waals surface area contributed by atoms with Gasteiger partial charge in [0.15, 0.2) is 0 Å². The average Bonchev–Trinajstić information content (AvgIpc) is 2.86. The lowest BCUT2D eigenvalue weighted by atomic mass is 9.91. The van der Waals surface area contributed by atoms with Crippen LogP contribution in [-0.4, -0.2) is 40.8 Å². The maximum absolute atomic E-state index is 9.82. The van der Waals surface area contributed by atoms with Gasteiger partial charge in [-0.15, -0.1) is 0 Å². The number of benzene rings is 2. The molecule has 0 bridgehead atoms. The summed E-state index contributed by atoms with van der Waals surface area (Å²) in [7, 11) is 1.65. The standard InChI is InChI=1S/C30H38N2O3/c1-6-32(20(2)3)19-26-17-24(25-13-14-31-30(18-25)34-5)9-11-27(26)28-12-10-23-8-7-22(15-21(4)33)16-29(23)35-28/h7-9,11,13-14,16-18,20-21,28,33H,6,10,12,15,19H2,1-5H3. The van der Waals surface area contributed by atoms with Crippen molar-refractivity contribution in [3.8, 4) is 22.8 Å². The fraction of sp³-hybridized carbons (Fsp3) is 0.433. The number of ether oxygens (including phenoxy) is 2. The van der Waals surface area contributed by atoms with Crippen molar-refractivity contribution in [2.75, 3.05) is 13.7 Å². The highest BCUT2D eigenvalue weighted by Gasteiger charge is 2.25. The summed E-state index contributed by atoms with van der Waals surface area (Å²) in [6, 6.07) is 17.6. The summed E-state index contributed by atoms with van der Waals surface area (Å²) in [6.07, 6.45) is 4.00. The third-order valence-electron chi connectivity index (χ3n) is 6.88. The van der Waals surface area contributed by atoms with E-state index in [1.807, 2.05) is 19.1 Å². The van der Waals surface area contributed by atoms with Gasteiger partial charge < -0.3 is 14.6 Å². The number of pyridine rings is 1. The van der Waals surface area contributed by atoms with Gasteiger partial charge in [0.25, 0.3) is 0 Å². The predicted octanol–water partition coefficient (Wildman–Crippen LogP) is 5.98. The Hall–Kier alpha value is -2.89. The number of fused-ring (bicyclic) bond motifs is 1. The third kappa shape index (κ3) is 6.03. The van der Waals surface area contributed by atoms with Crippen molar-refractivity contribution in [1.29, 1.82) is 0 Å². The molecule has 0 aliphatic carbocycles. The van der Waals surface area contributed by atoms with Crippen LogP contribution in [0.25, 0.3) is 11.1 Å². The number of methoxy groups -OCH3 is 1. The van der Waals surface area contributed by atoms with Gasteiger partial charge in [0, 0.05) is 24.8 Å². The summed E-state index contributed by atoms with van der Waals surface area (Å²) in [4.78, 5) is 6.74. The number of rotatable bonds is 9. The summed E-state index contributed by atoms with van der Waals surface area (Å²) >= 11 is 0. The minimum atomic E-state index is -0.366. The van der Waals surface area contributed by atoms with Crippen molar-refractivity contribution in [2.24, 2.45) is 0 Å². The van der Waals surface area contributed by atoms with E-state index in [2.05, 4.69) is 67.1 Å². The van der Waals surface area contributed by atoms with Crippen LogP contribution in [-0.2, 0) is 19.4 Å². The lowest BCUT2D eigenvalue weighted by Gasteiger charge is -2.31. The molecule has 0 radical (unpaired) electrons. The predicted molar refractivity (Wildman–Crippen MR) is 141 cm³/mol. The van der Waals surface area contributed by atoms with E-state index in [1.165, 1.54) is 16.7 Å². The molecule has 3 aromatic rings. The molecule has 0 amide bonds. The van der Waals surface area contributed by atoms with Gasteiger partial charge in [0.05, 0.1) is 13.2 Å². The molecule has 5 heteroatoms. The molecular formula is C30H38N2O3. The van der Waals surface area contributed by atoms with E-state index in [-0.39, 0.29) is 12.2 Å².